The number of rotatable bonds is 6. The average Bonchev–Trinajstić information content (AvgIpc) is 3.11. The molecule has 1 aromatic carbocycles. The summed E-state index contributed by atoms with van der Waals surface area (Å²) in [6.45, 7) is 1.79. The van der Waals surface area contributed by atoms with E-state index in [1.165, 1.54) is 11.8 Å². The molecule has 0 saturated carbocycles. The van der Waals surface area contributed by atoms with Crippen molar-refractivity contribution in [3.8, 4) is 0 Å². The second-order valence-electron chi connectivity index (χ2n) is 5.19. The first-order valence-corrected chi connectivity index (χ1v) is 8.37. The number of aliphatic imine (C=N–C) groups is 1. The molecule has 0 aliphatic heterocycles. The molecule has 6 nitrogen and oxygen atoms in total. The SMILES string of the molecule is CN=C(NCCNC(=O)c1ccco1)N(C)Cc1ccc(Br)cc1.I. The van der Waals surface area contributed by atoms with E-state index in [2.05, 4.69) is 43.7 Å². The van der Waals surface area contributed by atoms with Crippen molar-refractivity contribution in [3.63, 3.8) is 0 Å². The first-order valence-electron chi connectivity index (χ1n) is 7.58. The van der Waals surface area contributed by atoms with E-state index in [9.17, 15) is 4.79 Å². The summed E-state index contributed by atoms with van der Waals surface area (Å²) >= 11 is 3.43. The van der Waals surface area contributed by atoms with E-state index < -0.39 is 0 Å². The smallest absolute Gasteiger partial charge is 0.287 e. The van der Waals surface area contributed by atoms with Gasteiger partial charge >= 0.3 is 0 Å². The molecular formula is C17H22BrIN4O2. The van der Waals surface area contributed by atoms with Crippen molar-refractivity contribution in [2.75, 3.05) is 27.2 Å². The maximum Gasteiger partial charge on any atom is 0.287 e. The molecule has 1 heterocycles. The number of hydrogen-bond donors (Lipinski definition) is 2. The lowest BCUT2D eigenvalue weighted by molar-refractivity contribution is 0.0926. The highest BCUT2D eigenvalue weighted by molar-refractivity contribution is 14.0. The number of carbonyl (C=O) groups is 1. The van der Waals surface area contributed by atoms with E-state index in [1.807, 2.05) is 24.1 Å². The summed E-state index contributed by atoms with van der Waals surface area (Å²) in [6.07, 6.45) is 1.48. The fourth-order valence-electron chi connectivity index (χ4n) is 2.17. The molecule has 0 spiro atoms. The molecular weight excluding hydrogens is 499 g/mol. The van der Waals surface area contributed by atoms with Crippen LogP contribution in [0.4, 0.5) is 0 Å². The van der Waals surface area contributed by atoms with Gasteiger partial charge in [-0.2, -0.15) is 0 Å². The van der Waals surface area contributed by atoms with E-state index in [0.29, 0.717) is 18.8 Å². The molecule has 0 aliphatic carbocycles. The van der Waals surface area contributed by atoms with Gasteiger partial charge in [0, 0.05) is 38.2 Å². The summed E-state index contributed by atoms with van der Waals surface area (Å²) < 4.78 is 6.10. The molecule has 1 amide bonds. The number of amides is 1. The summed E-state index contributed by atoms with van der Waals surface area (Å²) in [5.41, 5.74) is 1.19. The number of benzene rings is 1. The molecule has 2 aromatic rings. The Balaban J connectivity index is 0.00000312. The Morgan fingerprint density at radius 2 is 1.88 bits per heavy atom. The average molecular weight is 521 g/mol. The number of nitrogens with zero attached hydrogens (tertiary/aromatic N) is 2. The zero-order valence-corrected chi connectivity index (χ0v) is 18.1. The summed E-state index contributed by atoms with van der Waals surface area (Å²) in [4.78, 5) is 18.0. The van der Waals surface area contributed by atoms with E-state index in [4.69, 9.17) is 4.42 Å². The second-order valence-corrected chi connectivity index (χ2v) is 6.11. The molecule has 136 valence electrons. The highest BCUT2D eigenvalue weighted by atomic mass is 127. The second kappa shape index (κ2) is 11.1. The topological polar surface area (TPSA) is 69.9 Å². The lowest BCUT2D eigenvalue weighted by atomic mass is 10.2. The van der Waals surface area contributed by atoms with E-state index >= 15 is 0 Å². The Morgan fingerprint density at radius 3 is 2.48 bits per heavy atom. The molecule has 0 atom stereocenters. The third-order valence-corrected chi connectivity index (χ3v) is 3.87. The van der Waals surface area contributed by atoms with Crippen LogP contribution in [0, 0.1) is 0 Å². The van der Waals surface area contributed by atoms with Gasteiger partial charge in [-0.1, -0.05) is 28.1 Å². The number of furan rings is 1. The molecule has 0 fully saturated rings. The Hall–Kier alpha value is -1.55. The van der Waals surface area contributed by atoms with Gasteiger partial charge < -0.3 is 20.0 Å². The van der Waals surface area contributed by atoms with Crippen LogP contribution in [0.2, 0.25) is 0 Å². The van der Waals surface area contributed by atoms with Gasteiger partial charge in [0.2, 0.25) is 0 Å². The van der Waals surface area contributed by atoms with Crippen LogP contribution in [-0.2, 0) is 6.54 Å². The minimum Gasteiger partial charge on any atom is -0.459 e. The monoisotopic (exact) mass is 520 g/mol. The molecule has 2 N–H and O–H groups in total. The zero-order valence-electron chi connectivity index (χ0n) is 14.2. The maximum atomic E-state index is 11.7. The third-order valence-electron chi connectivity index (χ3n) is 3.35. The van der Waals surface area contributed by atoms with E-state index in [1.54, 1.807) is 19.2 Å². The fourth-order valence-corrected chi connectivity index (χ4v) is 2.43. The standard InChI is InChI=1S/C17H21BrN4O2.HI/c1-19-17(22(2)12-13-5-7-14(18)8-6-13)21-10-9-20-16(23)15-4-3-11-24-15;/h3-8,11H,9-10,12H2,1-2H3,(H,19,21)(H,20,23);1H. The Labute approximate surface area is 173 Å². The van der Waals surface area contributed by atoms with Crippen LogP contribution in [0.15, 0.2) is 56.5 Å². The van der Waals surface area contributed by atoms with Gasteiger partial charge in [-0.15, -0.1) is 24.0 Å². The van der Waals surface area contributed by atoms with Crippen molar-refractivity contribution in [1.29, 1.82) is 0 Å². The molecule has 1 aromatic heterocycles. The minimum atomic E-state index is -0.222. The Bertz CT molecular complexity index is 674. The van der Waals surface area contributed by atoms with Crippen LogP contribution in [0.3, 0.4) is 0 Å². The lowest BCUT2D eigenvalue weighted by Crippen LogP contribution is -2.42. The van der Waals surface area contributed by atoms with E-state index in [0.717, 1.165) is 17.0 Å². The van der Waals surface area contributed by atoms with Gasteiger partial charge in [0.15, 0.2) is 11.7 Å². The third kappa shape index (κ3) is 7.07. The van der Waals surface area contributed by atoms with Crippen LogP contribution < -0.4 is 10.6 Å². The zero-order chi connectivity index (χ0) is 17.4. The molecule has 8 heteroatoms. The lowest BCUT2D eigenvalue weighted by Gasteiger charge is -2.22. The Morgan fingerprint density at radius 1 is 1.20 bits per heavy atom. The number of halogens is 2. The van der Waals surface area contributed by atoms with Crippen LogP contribution in [0.5, 0.6) is 0 Å². The van der Waals surface area contributed by atoms with Crippen LogP contribution in [-0.4, -0.2) is 44.0 Å². The summed E-state index contributed by atoms with van der Waals surface area (Å²) in [5.74, 6) is 0.858. The summed E-state index contributed by atoms with van der Waals surface area (Å²) in [5, 5.41) is 6.01. The molecule has 0 radical (unpaired) electrons. The molecule has 0 aliphatic rings. The molecule has 0 unspecified atom stereocenters. The maximum absolute atomic E-state index is 11.7. The van der Waals surface area contributed by atoms with E-state index in [-0.39, 0.29) is 29.9 Å². The molecule has 25 heavy (non-hydrogen) atoms. The first kappa shape index (κ1) is 21.5. The predicted molar refractivity (Wildman–Crippen MR) is 113 cm³/mol. The largest absolute Gasteiger partial charge is 0.459 e. The van der Waals surface area contributed by atoms with Gasteiger partial charge in [0.1, 0.15) is 0 Å². The fraction of sp³-hybridized carbons (Fsp3) is 0.294. The number of nitrogens with one attached hydrogen (secondary N) is 2. The van der Waals surface area contributed by atoms with Crippen LogP contribution >= 0.6 is 39.9 Å². The summed E-state index contributed by atoms with van der Waals surface area (Å²) in [7, 11) is 3.71. The van der Waals surface area contributed by atoms with Crippen molar-refractivity contribution in [3.05, 3.63) is 58.5 Å². The van der Waals surface area contributed by atoms with Crippen molar-refractivity contribution < 1.29 is 9.21 Å². The first-order chi connectivity index (χ1) is 11.6. The van der Waals surface area contributed by atoms with Crippen LogP contribution in [0.25, 0.3) is 0 Å². The summed E-state index contributed by atoms with van der Waals surface area (Å²) in [6, 6.07) is 11.5. The highest BCUT2D eigenvalue weighted by Gasteiger charge is 2.09. The number of carbonyl (C=O) groups excluding carboxylic acids is 1. The number of hydrogen-bond acceptors (Lipinski definition) is 3. The van der Waals surface area contributed by atoms with Gasteiger partial charge in [0.25, 0.3) is 5.91 Å². The van der Waals surface area contributed by atoms with Crippen molar-refractivity contribution in [1.82, 2.24) is 15.5 Å². The van der Waals surface area contributed by atoms with Crippen molar-refractivity contribution >= 4 is 51.8 Å². The molecule has 0 bridgehead atoms. The number of guanidine groups is 1. The molecule has 2 rings (SSSR count). The Kier molecular flexibility index (Phi) is 9.58. The van der Waals surface area contributed by atoms with Crippen molar-refractivity contribution in [2.45, 2.75) is 6.54 Å². The highest BCUT2D eigenvalue weighted by Crippen LogP contribution is 2.11. The van der Waals surface area contributed by atoms with Gasteiger partial charge in [-0.05, 0) is 29.8 Å². The van der Waals surface area contributed by atoms with Crippen molar-refractivity contribution in [2.24, 2.45) is 4.99 Å². The molecule has 0 saturated heterocycles. The predicted octanol–water partition coefficient (Wildman–Crippen LogP) is 3.10. The van der Waals surface area contributed by atoms with Gasteiger partial charge in [-0.3, -0.25) is 9.79 Å². The normalized spacial score (nSPS) is 10.8. The minimum absolute atomic E-state index is 0. The van der Waals surface area contributed by atoms with Gasteiger partial charge in [-0.25, -0.2) is 0 Å². The quantitative estimate of drug-likeness (QED) is 0.266. The van der Waals surface area contributed by atoms with Gasteiger partial charge in [0.05, 0.1) is 6.26 Å². The van der Waals surface area contributed by atoms with Crippen LogP contribution in [0.1, 0.15) is 16.1 Å².